The molecule has 7 aromatic carbocycles. The summed E-state index contributed by atoms with van der Waals surface area (Å²) in [4.78, 5) is 10.3. The summed E-state index contributed by atoms with van der Waals surface area (Å²) < 4.78 is 4.64. The summed E-state index contributed by atoms with van der Waals surface area (Å²) in [5.41, 5.74) is 9.79. The summed E-state index contributed by atoms with van der Waals surface area (Å²) in [5.74, 6) is 0.717. The van der Waals surface area contributed by atoms with Crippen LogP contribution >= 0.6 is 0 Å². The molecule has 3 heterocycles. The summed E-state index contributed by atoms with van der Waals surface area (Å²) in [5, 5.41) is 7.10. The van der Waals surface area contributed by atoms with E-state index in [1.54, 1.807) is 0 Å². The van der Waals surface area contributed by atoms with Gasteiger partial charge in [-0.05, 0) is 77.5 Å². The molecule has 0 radical (unpaired) electrons. The zero-order valence-corrected chi connectivity index (χ0v) is 26.0. The van der Waals surface area contributed by atoms with Gasteiger partial charge in [0.1, 0.15) is 0 Å². The van der Waals surface area contributed by atoms with Gasteiger partial charge in [0.2, 0.25) is 0 Å². The number of aromatic nitrogens is 4. The van der Waals surface area contributed by atoms with Crippen LogP contribution in [0.4, 0.5) is 0 Å². The molecular weight excluding hydrogens is 585 g/mol. The molecule has 10 rings (SSSR count). The molecule has 0 N–H and O–H groups in total. The van der Waals surface area contributed by atoms with E-state index in [1.165, 1.54) is 43.5 Å². The monoisotopic (exact) mass is 612 g/mol. The lowest BCUT2D eigenvalue weighted by atomic mass is 9.99. The Morgan fingerprint density at radius 1 is 0.417 bits per heavy atom. The fourth-order valence-corrected chi connectivity index (χ4v) is 7.29. The van der Waals surface area contributed by atoms with Crippen LogP contribution in [-0.4, -0.2) is 19.1 Å². The first-order valence-corrected chi connectivity index (χ1v) is 16.3. The van der Waals surface area contributed by atoms with E-state index in [0.717, 1.165) is 44.9 Å². The van der Waals surface area contributed by atoms with Crippen LogP contribution < -0.4 is 0 Å². The molecule has 0 saturated carbocycles. The highest BCUT2D eigenvalue weighted by atomic mass is 15.0. The minimum Gasteiger partial charge on any atom is -0.317 e. The van der Waals surface area contributed by atoms with Crippen molar-refractivity contribution in [1.29, 1.82) is 0 Å². The Kier molecular flexibility index (Phi) is 5.84. The molecule has 0 spiro atoms. The van der Waals surface area contributed by atoms with Crippen LogP contribution in [0.15, 0.2) is 170 Å². The highest BCUT2D eigenvalue weighted by Crippen LogP contribution is 2.37. The maximum atomic E-state index is 5.23. The van der Waals surface area contributed by atoms with Gasteiger partial charge in [-0.2, -0.15) is 0 Å². The summed E-state index contributed by atoms with van der Waals surface area (Å²) in [7, 11) is 0. The first-order valence-electron chi connectivity index (χ1n) is 16.3. The number of rotatable bonds is 4. The van der Waals surface area contributed by atoms with Crippen molar-refractivity contribution in [3.63, 3.8) is 0 Å². The summed E-state index contributed by atoms with van der Waals surface area (Å²) in [6.45, 7) is 0. The molecule has 48 heavy (non-hydrogen) atoms. The van der Waals surface area contributed by atoms with Crippen molar-refractivity contribution in [2.24, 2.45) is 0 Å². The van der Waals surface area contributed by atoms with E-state index in [-0.39, 0.29) is 0 Å². The van der Waals surface area contributed by atoms with Crippen LogP contribution in [0.3, 0.4) is 0 Å². The van der Waals surface area contributed by atoms with Gasteiger partial charge < -0.3 is 9.13 Å². The number of fused-ring (bicyclic) bond motifs is 6. The van der Waals surface area contributed by atoms with E-state index in [0.29, 0.717) is 0 Å². The lowest BCUT2D eigenvalue weighted by Gasteiger charge is -2.12. The second-order valence-corrected chi connectivity index (χ2v) is 12.3. The van der Waals surface area contributed by atoms with Crippen LogP contribution in [-0.2, 0) is 0 Å². The Bertz CT molecular complexity index is 2820. The van der Waals surface area contributed by atoms with Crippen molar-refractivity contribution >= 4 is 54.4 Å². The zero-order valence-electron chi connectivity index (χ0n) is 26.0. The Hall–Kier alpha value is -6.52. The third kappa shape index (κ3) is 4.10. The van der Waals surface area contributed by atoms with Crippen molar-refractivity contribution in [2.45, 2.75) is 0 Å². The van der Waals surface area contributed by atoms with E-state index in [2.05, 4.69) is 173 Å². The SMILES string of the molecule is c1ccc(-n2ccc3cc4c(cc32)c2ccccc2n4-c2ccc(-c3nc(-c4cccc5ccccc45)c4ccccc4n3)cc2)cc1. The van der Waals surface area contributed by atoms with E-state index >= 15 is 0 Å². The van der Waals surface area contributed by atoms with Crippen molar-refractivity contribution in [3.8, 4) is 34.0 Å². The maximum Gasteiger partial charge on any atom is 0.160 e. The fraction of sp³-hybridized carbons (Fsp3) is 0. The lowest BCUT2D eigenvalue weighted by molar-refractivity contribution is 1.13. The van der Waals surface area contributed by atoms with Gasteiger partial charge in [-0.15, -0.1) is 0 Å². The van der Waals surface area contributed by atoms with Crippen LogP contribution in [0.25, 0.3) is 88.4 Å². The Morgan fingerprint density at radius 3 is 2.02 bits per heavy atom. The maximum absolute atomic E-state index is 5.23. The Morgan fingerprint density at radius 2 is 1.15 bits per heavy atom. The van der Waals surface area contributed by atoms with Gasteiger partial charge in [-0.3, -0.25) is 0 Å². The number of hydrogen-bond acceptors (Lipinski definition) is 2. The number of benzene rings is 7. The minimum atomic E-state index is 0.717. The van der Waals surface area contributed by atoms with Crippen LogP contribution in [0.1, 0.15) is 0 Å². The van der Waals surface area contributed by atoms with Gasteiger partial charge in [-0.1, -0.05) is 97.1 Å². The molecule has 3 aromatic heterocycles. The molecule has 4 nitrogen and oxygen atoms in total. The van der Waals surface area contributed by atoms with E-state index in [4.69, 9.17) is 9.97 Å². The summed E-state index contributed by atoms with van der Waals surface area (Å²) in [6.07, 6.45) is 2.16. The van der Waals surface area contributed by atoms with Crippen molar-refractivity contribution in [1.82, 2.24) is 19.1 Å². The summed E-state index contributed by atoms with van der Waals surface area (Å²) in [6, 6.07) is 58.0. The van der Waals surface area contributed by atoms with Gasteiger partial charge in [-0.25, -0.2) is 9.97 Å². The largest absolute Gasteiger partial charge is 0.317 e. The quantitative estimate of drug-likeness (QED) is 0.198. The molecule has 0 amide bonds. The molecule has 0 fully saturated rings. The Balaban J connectivity index is 1.13. The third-order valence-corrected chi connectivity index (χ3v) is 9.55. The highest BCUT2D eigenvalue weighted by Gasteiger charge is 2.17. The molecular formula is C44H28N4. The van der Waals surface area contributed by atoms with Gasteiger partial charge in [0.25, 0.3) is 0 Å². The van der Waals surface area contributed by atoms with Crippen LogP contribution in [0, 0.1) is 0 Å². The molecule has 0 aliphatic rings. The molecule has 0 unspecified atom stereocenters. The second kappa shape index (κ2) is 10.5. The van der Waals surface area contributed by atoms with Gasteiger partial charge in [0, 0.05) is 50.2 Å². The van der Waals surface area contributed by atoms with E-state index < -0.39 is 0 Å². The molecule has 0 aliphatic heterocycles. The standard InChI is InChI=1S/C44H28N4/c1-2-13-32(14-3-1)47-26-25-31-27-42-38(28-41(31)47)35-16-7-9-20-40(35)48(42)33-23-21-30(22-24-33)44-45-39-19-8-6-17-37(39)43(46-44)36-18-10-12-29-11-4-5-15-34(29)36/h1-28H. The number of hydrogen-bond donors (Lipinski definition) is 0. The predicted molar refractivity (Wildman–Crippen MR) is 199 cm³/mol. The van der Waals surface area contributed by atoms with Crippen molar-refractivity contribution in [2.75, 3.05) is 0 Å². The third-order valence-electron chi connectivity index (χ3n) is 9.55. The molecule has 0 atom stereocenters. The highest BCUT2D eigenvalue weighted by molar-refractivity contribution is 6.13. The van der Waals surface area contributed by atoms with Gasteiger partial charge in [0.05, 0.1) is 27.8 Å². The molecule has 0 bridgehead atoms. The van der Waals surface area contributed by atoms with Crippen LogP contribution in [0.2, 0.25) is 0 Å². The lowest BCUT2D eigenvalue weighted by Crippen LogP contribution is -1.97. The molecule has 10 aromatic rings. The van der Waals surface area contributed by atoms with Crippen molar-refractivity contribution < 1.29 is 0 Å². The van der Waals surface area contributed by atoms with E-state index in [9.17, 15) is 0 Å². The normalized spacial score (nSPS) is 11.8. The molecule has 224 valence electrons. The first-order chi connectivity index (χ1) is 23.8. The smallest absolute Gasteiger partial charge is 0.160 e. The average Bonchev–Trinajstić information content (AvgIpc) is 3.72. The number of nitrogens with zero attached hydrogens (tertiary/aromatic N) is 4. The minimum absolute atomic E-state index is 0.717. The van der Waals surface area contributed by atoms with Crippen molar-refractivity contribution in [3.05, 3.63) is 170 Å². The average molecular weight is 613 g/mol. The van der Waals surface area contributed by atoms with Crippen LogP contribution in [0.5, 0.6) is 0 Å². The second-order valence-electron chi connectivity index (χ2n) is 12.3. The van der Waals surface area contributed by atoms with E-state index in [1.807, 2.05) is 6.07 Å². The van der Waals surface area contributed by atoms with Gasteiger partial charge >= 0.3 is 0 Å². The summed E-state index contributed by atoms with van der Waals surface area (Å²) >= 11 is 0. The zero-order chi connectivity index (χ0) is 31.6. The number of para-hydroxylation sites is 3. The predicted octanol–water partition coefficient (Wildman–Crippen LogP) is 11.2. The fourth-order valence-electron chi connectivity index (χ4n) is 7.29. The topological polar surface area (TPSA) is 35.6 Å². The van der Waals surface area contributed by atoms with Gasteiger partial charge in [0.15, 0.2) is 5.82 Å². The first kappa shape index (κ1) is 26.7. The molecule has 0 saturated heterocycles. The molecule has 4 heteroatoms. The molecule has 0 aliphatic carbocycles. The Labute approximate surface area is 276 Å².